The Kier molecular flexibility index (Phi) is 3.55. The minimum atomic E-state index is -0.678. The average Bonchev–Trinajstić information content (AvgIpc) is 2.47. The van der Waals surface area contributed by atoms with Gasteiger partial charge in [0.05, 0.1) is 12.0 Å². The number of carbonyl (C=O) groups excluding carboxylic acids is 1. The maximum Gasteiger partial charge on any atom is 0.229 e. The molecule has 5 heteroatoms. The number of amides is 1. The predicted molar refractivity (Wildman–Crippen MR) is 84.7 cm³/mol. The number of hydrogen-bond donors (Lipinski definition) is 2. The lowest BCUT2D eigenvalue weighted by atomic mass is 9.88. The van der Waals surface area contributed by atoms with Gasteiger partial charge in [-0.25, -0.2) is 4.99 Å². The van der Waals surface area contributed by atoms with Crippen LogP contribution in [-0.4, -0.2) is 11.9 Å². The molecule has 5 nitrogen and oxygen atoms in total. The molecule has 0 saturated heterocycles. The summed E-state index contributed by atoms with van der Waals surface area (Å²) in [5.74, 6) is 1.47. The SMILES string of the molecule is CC1(c2cccc(Oc3ccccc3)c2)CC(=O)NC(N)=N1. The zero-order valence-electron chi connectivity index (χ0n) is 12.2. The van der Waals surface area contributed by atoms with Gasteiger partial charge in [0, 0.05) is 0 Å². The van der Waals surface area contributed by atoms with Crippen LogP contribution in [0.3, 0.4) is 0 Å². The smallest absolute Gasteiger partial charge is 0.229 e. The van der Waals surface area contributed by atoms with Crippen molar-refractivity contribution in [1.29, 1.82) is 0 Å². The summed E-state index contributed by atoms with van der Waals surface area (Å²) in [6, 6.07) is 17.1. The number of benzene rings is 2. The Morgan fingerprint density at radius 3 is 2.59 bits per heavy atom. The maximum atomic E-state index is 11.7. The topological polar surface area (TPSA) is 76.7 Å². The molecular formula is C17H17N3O2. The van der Waals surface area contributed by atoms with Crippen molar-refractivity contribution in [2.24, 2.45) is 10.7 Å². The normalized spacial score (nSPS) is 21.0. The van der Waals surface area contributed by atoms with E-state index in [1.165, 1.54) is 0 Å². The van der Waals surface area contributed by atoms with Crippen LogP contribution in [0.25, 0.3) is 0 Å². The van der Waals surface area contributed by atoms with Crippen LogP contribution in [0.1, 0.15) is 18.9 Å². The molecule has 0 saturated carbocycles. The molecule has 1 unspecified atom stereocenters. The summed E-state index contributed by atoms with van der Waals surface area (Å²) in [5, 5.41) is 2.52. The van der Waals surface area contributed by atoms with Crippen molar-refractivity contribution >= 4 is 11.9 Å². The third-order valence-corrected chi connectivity index (χ3v) is 3.57. The summed E-state index contributed by atoms with van der Waals surface area (Å²) < 4.78 is 5.83. The van der Waals surface area contributed by atoms with E-state index in [-0.39, 0.29) is 18.3 Å². The number of nitrogens with two attached hydrogens (primary N) is 1. The number of para-hydroxylation sites is 1. The predicted octanol–water partition coefficient (Wildman–Crippen LogP) is 2.53. The highest BCUT2D eigenvalue weighted by molar-refractivity contribution is 5.99. The third-order valence-electron chi connectivity index (χ3n) is 3.57. The van der Waals surface area contributed by atoms with E-state index in [0.717, 1.165) is 11.3 Å². The van der Waals surface area contributed by atoms with Crippen LogP contribution in [0.4, 0.5) is 0 Å². The summed E-state index contributed by atoms with van der Waals surface area (Å²) >= 11 is 0. The first-order chi connectivity index (χ1) is 10.5. The minimum absolute atomic E-state index is 0.135. The number of guanidine groups is 1. The van der Waals surface area contributed by atoms with Crippen molar-refractivity contribution in [1.82, 2.24) is 5.32 Å². The van der Waals surface area contributed by atoms with Crippen molar-refractivity contribution in [3.63, 3.8) is 0 Å². The molecular weight excluding hydrogens is 278 g/mol. The van der Waals surface area contributed by atoms with Gasteiger partial charge in [-0.1, -0.05) is 30.3 Å². The maximum absolute atomic E-state index is 11.7. The lowest BCUT2D eigenvalue weighted by Gasteiger charge is -2.29. The molecule has 2 aromatic rings. The Morgan fingerprint density at radius 2 is 1.86 bits per heavy atom. The van der Waals surface area contributed by atoms with E-state index >= 15 is 0 Å². The highest BCUT2D eigenvalue weighted by Crippen LogP contribution is 2.33. The molecule has 1 amide bonds. The summed E-state index contributed by atoms with van der Waals surface area (Å²) in [5.41, 5.74) is 5.90. The Morgan fingerprint density at radius 1 is 1.14 bits per heavy atom. The molecule has 2 aromatic carbocycles. The largest absolute Gasteiger partial charge is 0.457 e. The van der Waals surface area contributed by atoms with E-state index < -0.39 is 5.54 Å². The van der Waals surface area contributed by atoms with Gasteiger partial charge >= 0.3 is 0 Å². The summed E-state index contributed by atoms with van der Waals surface area (Å²) in [6.07, 6.45) is 0.252. The monoisotopic (exact) mass is 295 g/mol. The van der Waals surface area contributed by atoms with Crippen molar-refractivity contribution in [2.75, 3.05) is 0 Å². The molecule has 0 bridgehead atoms. The molecule has 0 aromatic heterocycles. The second kappa shape index (κ2) is 5.52. The standard InChI is InChI=1S/C17H17N3O2/c1-17(11-15(21)19-16(18)20-17)12-6-5-9-14(10-12)22-13-7-3-2-4-8-13/h2-10H,11H2,1H3,(H3,18,19,20,21). The van der Waals surface area contributed by atoms with Crippen LogP contribution < -0.4 is 15.8 Å². The second-order valence-electron chi connectivity index (χ2n) is 5.44. The van der Waals surface area contributed by atoms with Crippen LogP contribution in [0.15, 0.2) is 59.6 Å². The summed E-state index contributed by atoms with van der Waals surface area (Å²) in [6.45, 7) is 1.89. The fourth-order valence-corrected chi connectivity index (χ4v) is 2.52. The molecule has 0 spiro atoms. The molecule has 22 heavy (non-hydrogen) atoms. The van der Waals surface area contributed by atoms with Crippen LogP contribution in [0, 0.1) is 0 Å². The number of nitrogens with one attached hydrogen (secondary N) is 1. The molecule has 3 rings (SSSR count). The van der Waals surface area contributed by atoms with Gasteiger partial charge in [-0.2, -0.15) is 0 Å². The number of carbonyl (C=O) groups is 1. The molecule has 3 N–H and O–H groups in total. The fraction of sp³-hybridized carbons (Fsp3) is 0.176. The van der Waals surface area contributed by atoms with Gasteiger partial charge in [0.1, 0.15) is 11.5 Å². The van der Waals surface area contributed by atoms with Crippen LogP contribution in [0.2, 0.25) is 0 Å². The Balaban J connectivity index is 1.91. The van der Waals surface area contributed by atoms with E-state index in [0.29, 0.717) is 5.75 Å². The van der Waals surface area contributed by atoms with Gasteiger partial charge < -0.3 is 10.5 Å². The first kappa shape index (κ1) is 14.1. The molecule has 0 radical (unpaired) electrons. The highest BCUT2D eigenvalue weighted by Gasteiger charge is 2.33. The third kappa shape index (κ3) is 2.93. The first-order valence-electron chi connectivity index (χ1n) is 7.04. The summed E-state index contributed by atoms with van der Waals surface area (Å²) in [4.78, 5) is 16.1. The second-order valence-corrected chi connectivity index (χ2v) is 5.44. The lowest BCUT2D eigenvalue weighted by molar-refractivity contribution is -0.121. The van der Waals surface area contributed by atoms with E-state index in [4.69, 9.17) is 10.5 Å². The average molecular weight is 295 g/mol. The lowest BCUT2D eigenvalue weighted by Crippen LogP contribution is -2.46. The van der Waals surface area contributed by atoms with Crippen molar-refractivity contribution in [3.8, 4) is 11.5 Å². The van der Waals surface area contributed by atoms with Crippen LogP contribution in [-0.2, 0) is 10.3 Å². The molecule has 0 aliphatic carbocycles. The Bertz CT molecular complexity index is 728. The number of ether oxygens (including phenoxy) is 1. The molecule has 0 fully saturated rings. The van der Waals surface area contributed by atoms with Crippen molar-refractivity contribution in [2.45, 2.75) is 18.9 Å². The van der Waals surface area contributed by atoms with E-state index in [9.17, 15) is 4.79 Å². The highest BCUT2D eigenvalue weighted by atomic mass is 16.5. The van der Waals surface area contributed by atoms with Crippen molar-refractivity contribution in [3.05, 3.63) is 60.2 Å². The summed E-state index contributed by atoms with van der Waals surface area (Å²) in [7, 11) is 0. The zero-order chi connectivity index (χ0) is 15.6. The van der Waals surface area contributed by atoms with Gasteiger partial charge in [-0.3, -0.25) is 10.1 Å². The first-order valence-corrected chi connectivity index (χ1v) is 7.04. The van der Waals surface area contributed by atoms with Crippen molar-refractivity contribution < 1.29 is 9.53 Å². The van der Waals surface area contributed by atoms with E-state index in [1.54, 1.807) is 0 Å². The minimum Gasteiger partial charge on any atom is -0.457 e. The van der Waals surface area contributed by atoms with Crippen LogP contribution in [0.5, 0.6) is 11.5 Å². The molecule has 1 aliphatic rings. The number of nitrogens with zero attached hydrogens (tertiary/aromatic N) is 1. The van der Waals surface area contributed by atoms with Gasteiger partial charge in [-0.15, -0.1) is 0 Å². The quantitative estimate of drug-likeness (QED) is 0.913. The van der Waals surface area contributed by atoms with E-state index in [2.05, 4.69) is 10.3 Å². The fourth-order valence-electron chi connectivity index (χ4n) is 2.52. The molecule has 1 aliphatic heterocycles. The van der Waals surface area contributed by atoms with Gasteiger partial charge in [0.2, 0.25) is 5.91 Å². The Labute approximate surface area is 128 Å². The molecule has 1 atom stereocenters. The van der Waals surface area contributed by atoms with Gasteiger partial charge in [0.25, 0.3) is 0 Å². The Hall–Kier alpha value is -2.82. The van der Waals surface area contributed by atoms with E-state index in [1.807, 2.05) is 61.5 Å². The number of hydrogen-bond acceptors (Lipinski definition) is 4. The zero-order valence-corrected chi connectivity index (χ0v) is 12.2. The van der Waals surface area contributed by atoms with Gasteiger partial charge in [0.15, 0.2) is 5.96 Å². The van der Waals surface area contributed by atoms with Gasteiger partial charge in [-0.05, 0) is 36.8 Å². The number of aliphatic imine (C=N–C) groups is 1. The van der Waals surface area contributed by atoms with Crippen LogP contribution >= 0.6 is 0 Å². The molecule has 112 valence electrons. The number of rotatable bonds is 3. The molecule has 1 heterocycles.